The predicted octanol–water partition coefficient (Wildman–Crippen LogP) is 2.50. The molecule has 1 aromatic rings. The Kier molecular flexibility index (Phi) is 6.52. The number of rotatable bonds is 5. The van der Waals surface area contributed by atoms with Gasteiger partial charge in [0.05, 0.1) is 11.3 Å². The van der Waals surface area contributed by atoms with Gasteiger partial charge in [-0.05, 0) is 37.8 Å². The molecule has 0 spiro atoms. The molecule has 0 radical (unpaired) electrons. The third-order valence-corrected chi connectivity index (χ3v) is 5.60. The van der Waals surface area contributed by atoms with E-state index in [2.05, 4.69) is 19.2 Å². The summed E-state index contributed by atoms with van der Waals surface area (Å²) in [5, 5.41) is 2.87. The van der Waals surface area contributed by atoms with Crippen LogP contribution in [0.2, 0.25) is 0 Å². The predicted molar refractivity (Wildman–Crippen MR) is 103 cm³/mol. The van der Waals surface area contributed by atoms with Gasteiger partial charge in [0, 0.05) is 30.1 Å². The average Bonchev–Trinajstić information content (AvgIpc) is 2.54. The minimum atomic E-state index is -0.0901. The summed E-state index contributed by atoms with van der Waals surface area (Å²) in [7, 11) is 0. The highest BCUT2D eigenvalue weighted by molar-refractivity contribution is 8.00. The highest BCUT2D eigenvalue weighted by Gasteiger charge is 2.36. The summed E-state index contributed by atoms with van der Waals surface area (Å²) in [5.41, 5.74) is 6.75. The van der Waals surface area contributed by atoms with E-state index < -0.39 is 0 Å². The van der Waals surface area contributed by atoms with Crippen molar-refractivity contribution in [3.8, 4) is 0 Å². The Labute approximate surface area is 154 Å². The van der Waals surface area contributed by atoms with Crippen LogP contribution in [0.5, 0.6) is 0 Å². The first-order valence-corrected chi connectivity index (χ1v) is 9.75. The van der Waals surface area contributed by atoms with Crippen molar-refractivity contribution >= 4 is 23.6 Å². The number of hydrogen-bond acceptors (Lipinski definition) is 4. The summed E-state index contributed by atoms with van der Waals surface area (Å²) in [6.45, 7) is 9.41. The quantitative estimate of drug-likeness (QED) is 0.788. The lowest BCUT2D eigenvalue weighted by Crippen LogP contribution is -2.54. The van der Waals surface area contributed by atoms with Crippen molar-refractivity contribution in [3.63, 3.8) is 0 Å². The van der Waals surface area contributed by atoms with Crippen molar-refractivity contribution in [2.75, 3.05) is 18.8 Å². The lowest BCUT2D eigenvalue weighted by Gasteiger charge is -2.42. The number of likely N-dealkylation sites (tertiary alicyclic amines) is 1. The first-order chi connectivity index (χ1) is 11.7. The van der Waals surface area contributed by atoms with Crippen molar-refractivity contribution in [2.45, 2.75) is 51.1 Å². The normalized spacial score (nSPS) is 19.8. The molecule has 5 nitrogen and oxygen atoms in total. The van der Waals surface area contributed by atoms with Gasteiger partial charge in [0.1, 0.15) is 0 Å². The molecule has 1 saturated heterocycles. The Morgan fingerprint density at radius 1 is 1.36 bits per heavy atom. The Bertz CT molecular complexity index is 631. The van der Waals surface area contributed by atoms with Crippen molar-refractivity contribution in [3.05, 3.63) is 29.8 Å². The molecule has 138 valence electrons. The zero-order valence-electron chi connectivity index (χ0n) is 15.5. The van der Waals surface area contributed by atoms with Gasteiger partial charge in [-0.15, -0.1) is 11.8 Å². The number of carbonyl (C=O) groups is 2. The monoisotopic (exact) mass is 363 g/mol. The van der Waals surface area contributed by atoms with Gasteiger partial charge in [0.25, 0.3) is 5.91 Å². The lowest BCUT2D eigenvalue weighted by atomic mass is 9.79. The SMILES string of the molecule is CC(C)NC(=O)CSc1ccccc1C(=O)N1CCC(N)C(C)(C)C1. The fourth-order valence-electron chi connectivity index (χ4n) is 2.99. The molecular weight excluding hydrogens is 334 g/mol. The van der Waals surface area contributed by atoms with E-state index >= 15 is 0 Å². The van der Waals surface area contributed by atoms with Crippen LogP contribution in [0.3, 0.4) is 0 Å². The van der Waals surface area contributed by atoms with Crippen LogP contribution < -0.4 is 11.1 Å². The third-order valence-electron chi connectivity index (χ3n) is 4.53. The Balaban J connectivity index is 2.09. The summed E-state index contributed by atoms with van der Waals surface area (Å²) < 4.78 is 0. The van der Waals surface area contributed by atoms with Crippen molar-refractivity contribution < 1.29 is 9.59 Å². The molecule has 3 N–H and O–H groups in total. The van der Waals surface area contributed by atoms with Gasteiger partial charge >= 0.3 is 0 Å². The molecule has 1 fully saturated rings. The zero-order valence-corrected chi connectivity index (χ0v) is 16.4. The van der Waals surface area contributed by atoms with Crippen molar-refractivity contribution in [1.29, 1.82) is 0 Å². The molecule has 1 heterocycles. The summed E-state index contributed by atoms with van der Waals surface area (Å²) in [5.74, 6) is 0.304. The second kappa shape index (κ2) is 8.23. The number of nitrogens with one attached hydrogen (secondary N) is 1. The van der Waals surface area contributed by atoms with Gasteiger partial charge in [-0.1, -0.05) is 26.0 Å². The van der Waals surface area contributed by atoms with Crippen LogP contribution in [0, 0.1) is 5.41 Å². The minimum Gasteiger partial charge on any atom is -0.353 e. The van der Waals surface area contributed by atoms with Crippen LogP contribution in [-0.4, -0.2) is 47.6 Å². The summed E-state index contributed by atoms with van der Waals surface area (Å²) in [6, 6.07) is 7.74. The molecule has 0 aromatic heterocycles. The van der Waals surface area contributed by atoms with Crippen LogP contribution in [-0.2, 0) is 4.79 Å². The van der Waals surface area contributed by atoms with Gasteiger partial charge in [0.2, 0.25) is 5.91 Å². The maximum Gasteiger partial charge on any atom is 0.255 e. The molecule has 2 amide bonds. The summed E-state index contributed by atoms with van der Waals surface area (Å²) in [6.07, 6.45) is 0.810. The number of piperidine rings is 1. The smallest absolute Gasteiger partial charge is 0.255 e. The van der Waals surface area contributed by atoms with E-state index in [9.17, 15) is 9.59 Å². The van der Waals surface area contributed by atoms with Crippen LogP contribution in [0.25, 0.3) is 0 Å². The van der Waals surface area contributed by atoms with Crippen molar-refractivity contribution in [2.24, 2.45) is 11.1 Å². The molecule has 1 atom stereocenters. The summed E-state index contributed by atoms with van der Waals surface area (Å²) >= 11 is 1.41. The van der Waals surface area contributed by atoms with Gasteiger partial charge in [-0.3, -0.25) is 9.59 Å². The lowest BCUT2D eigenvalue weighted by molar-refractivity contribution is -0.119. The van der Waals surface area contributed by atoms with E-state index in [1.165, 1.54) is 11.8 Å². The number of carbonyl (C=O) groups excluding carboxylic acids is 2. The fourth-order valence-corrected chi connectivity index (χ4v) is 3.85. The van der Waals surface area contributed by atoms with Gasteiger partial charge < -0.3 is 16.0 Å². The standard InChI is InChI=1S/C19H29N3O2S/c1-13(2)21-17(23)11-25-15-8-6-5-7-14(15)18(24)22-10-9-16(20)19(3,4)12-22/h5-8,13,16H,9-12,20H2,1-4H3,(H,21,23). The number of nitrogens with two attached hydrogens (primary N) is 1. The van der Waals surface area contributed by atoms with E-state index in [1.807, 2.05) is 43.0 Å². The zero-order chi connectivity index (χ0) is 18.6. The number of amides is 2. The molecule has 0 saturated carbocycles. The first kappa shape index (κ1) is 19.8. The van der Waals surface area contributed by atoms with Crippen LogP contribution >= 0.6 is 11.8 Å². The second-order valence-electron chi connectivity index (χ2n) is 7.62. The first-order valence-electron chi connectivity index (χ1n) is 8.77. The number of hydrogen-bond donors (Lipinski definition) is 2. The Morgan fingerprint density at radius 3 is 2.68 bits per heavy atom. The second-order valence-corrected chi connectivity index (χ2v) is 8.63. The van der Waals surface area contributed by atoms with Gasteiger partial charge in [0.15, 0.2) is 0 Å². The highest BCUT2D eigenvalue weighted by atomic mass is 32.2. The van der Waals surface area contributed by atoms with E-state index in [0.29, 0.717) is 24.4 Å². The van der Waals surface area contributed by atoms with E-state index in [4.69, 9.17) is 5.73 Å². The molecule has 0 aliphatic carbocycles. The molecule has 1 aromatic carbocycles. The Hall–Kier alpha value is -1.53. The van der Waals surface area contributed by atoms with Crippen LogP contribution in [0.1, 0.15) is 44.5 Å². The summed E-state index contributed by atoms with van der Waals surface area (Å²) in [4.78, 5) is 27.6. The number of thioether (sulfide) groups is 1. The van der Waals surface area contributed by atoms with Crippen LogP contribution in [0.4, 0.5) is 0 Å². The van der Waals surface area contributed by atoms with Gasteiger partial charge in [-0.25, -0.2) is 0 Å². The van der Waals surface area contributed by atoms with Crippen LogP contribution in [0.15, 0.2) is 29.2 Å². The maximum absolute atomic E-state index is 13.0. The molecule has 25 heavy (non-hydrogen) atoms. The molecule has 1 aliphatic rings. The average molecular weight is 364 g/mol. The molecular formula is C19H29N3O2S. The third kappa shape index (κ3) is 5.22. The topological polar surface area (TPSA) is 75.4 Å². The van der Waals surface area contributed by atoms with E-state index in [-0.39, 0.29) is 29.3 Å². The highest BCUT2D eigenvalue weighted by Crippen LogP contribution is 2.30. The van der Waals surface area contributed by atoms with Gasteiger partial charge in [-0.2, -0.15) is 0 Å². The molecule has 0 bridgehead atoms. The van der Waals surface area contributed by atoms with E-state index in [1.54, 1.807) is 0 Å². The number of nitrogens with zero attached hydrogens (tertiary/aromatic N) is 1. The fraction of sp³-hybridized carbons (Fsp3) is 0.579. The number of benzene rings is 1. The van der Waals surface area contributed by atoms with E-state index in [0.717, 1.165) is 11.3 Å². The van der Waals surface area contributed by atoms with Crippen molar-refractivity contribution in [1.82, 2.24) is 10.2 Å². The minimum absolute atomic E-state index is 0.0207. The maximum atomic E-state index is 13.0. The molecule has 6 heteroatoms. The largest absolute Gasteiger partial charge is 0.353 e. The Morgan fingerprint density at radius 2 is 2.04 bits per heavy atom. The molecule has 1 unspecified atom stereocenters. The molecule has 1 aliphatic heterocycles. The molecule has 2 rings (SSSR count).